The van der Waals surface area contributed by atoms with Gasteiger partial charge in [0, 0.05) is 25.4 Å². The molecule has 0 fully saturated rings. The minimum absolute atomic E-state index is 0.0607. The molecule has 1 aromatic carbocycles. The third kappa shape index (κ3) is 4.59. The van der Waals surface area contributed by atoms with Crippen LogP contribution in [0, 0.1) is 0 Å². The molecule has 4 N–H and O–H groups in total. The molecule has 0 unspecified atom stereocenters. The van der Waals surface area contributed by atoms with Crippen LogP contribution in [0.2, 0.25) is 0 Å². The van der Waals surface area contributed by atoms with Crippen molar-refractivity contribution in [1.29, 1.82) is 0 Å². The quantitative estimate of drug-likeness (QED) is 0.709. The Balaban J connectivity index is 3.36. The molecule has 21 heavy (non-hydrogen) atoms. The molecule has 0 bridgehead atoms. The summed E-state index contributed by atoms with van der Waals surface area (Å²) in [6, 6.07) is 5.02. The van der Waals surface area contributed by atoms with Crippen LogP contribution in [0.5, 0.6) is 0 Å². The van der Waals surface area contributed by atoms with E-state index in [0.29, 0.717) is 24.5 Å². The first-order valence-electron chi connectivity index (χ1n) is 7.03. The maximum absolute atomic E-state index is 11.8. The highest BCUT2D eigenvalue weighted by Gasteiger charge is 2.23. The number of hydrogen-bond acceptors (Lipinski definition) is 5. The van der Waals surface area contributed by atoms with E-state index in [1.165, 1.54) is 6.07 Å². The van der Waals surface area contributed by atoms with Crippen molar-refractivity contribution in [2.45, 2.75) is 37.6 Å². The summed E-state index contributed by atoms with van der Waals surface area (Å²) >= 11 is 0. The van der Waals surface area contributed by atoms with Gasteiger partial charge in [-0.25, -0.2) is 13.6 Å². The molecule has 1 aromatic rings. The van der Waals surface area contributed by atoms with Gasteiger partial charge in [-0.15, -0.1) is 0 Å². The van der Waals surface area contributed by atoms with Crippen LogP contribution in [-0.2, 0) is 14.8 Å². The average Bonchev–Trinajstić information content (AvgIpc) is 2.43. The average molecular weight is 315 g/mol. The molecule has 6 nitrogen and oxygen atoms in total. The maximum Gasteiger partial charge on any atom is 0.240 e. The van der Waals surface area contributed by atoms with E-state index in [1.807, 2.05) is 4.90 Å². The molecule has 0 aliphatic rings. The van der Waals surface area contributed by atoms with E-state index >= 15 is 0 Å². The molecular formula is C14H25N3O3S. The lowest BCUT2D eigenvalue weighted by molar-refractivity contribution is 0.202. The summed E-state index contributed by atoms with van der Waals surface area (Å²) in [5.41, 5.74) is 6.66. The molecule has 0 aliphatic heterocycles. The summed E-state index contributed by atoms with van der Waals surface area (Å²) < 4.78 is 28.8. The standard InChI is InChI=1S/C14H25N3O3S/c1-4-12(5-2)17(8-9-20-3)13-7-6-11(15)10-14(13)21(16,18)19/h6-7,10,12H,4-5,8-9,15H2,1-3H3,(H2,16,18,19). The van der Waals surface area contributed by atoms with Crippen LogP contribution in [-0.4, -0.2) is 34.7 Å². The van der Waals surface area contributed by atoms with Crippen molar-refractivity contribution < 1.29 is 13.2 Å². The second kappa shape index (κ2) is 7.63. The second-order valence-corrected chi connectivity index (χ2v) is 6.46. The van der Waals surface area contributed by atoms with Crippen LogP contribution >= 0.6 is 0 Å². The molecular weight excluding hydrogens is 290 g/mol. The Morgan fingerprint density at radius 1 is 1.29 bits per heavy atom. The van der Waals surface area contributed by atoms with Gasteiger partial charge in [-0.3, -0.25) is 0 Å². The Kier molecular flexibility index (Phi) is 6.44. The van der Waals surface area contributed by atoms with Crippen molar-refractivity contribution in [1.82, 2.24) is 0 Å². The number of sulfonamides is 1. The lowest BCUT2D eigenvalue weighted by atomic mass is 10.1. The Bertz CT molecular complexity index is 557. The number of rotatable bonds is 8. The largest absolute Gasteiger partial charge is 0.399 e. The molecule has 1 rings (SSSR count). The Hall–Kier alpha value is -1.31. The predicted molar refractivity (Wildman–Crippen MR) is 85.8 cm³/mol. The number of hydrogen-bond donors (Lipinski definition) is 2. The zero-order chi connectivity index (χ0) is 16.0. The van der Waals surface area contributed by atoms with Gasteiger partial charge in [-0.05, 0) is 31.0 Å². The summed E-state index contributed by atoms with van der Waals surface area (Å²) in [5, 5.41) is 5.33. The smallest absolute Gasteiger partial charge is 0.240 e. The molecule has 0 heterocycles. The molecule has 0 aliphatic carbocycles. The molecule has 120 valence electrons. The normalized spacial score (nSPS) is 11.9. The third-order valence-electron chi connectivity index (χ3n) is 3.52. The number of benzene rings is 1. The van der Waals surface area contributed by atoms with Crippen LogP contribution in [0.1, 0.15) is 26.7 Å². The van der Waals surface area contributed by atoms with Crippen molar-refractivity contribution in [3.8, 4) is 0 Å². The van der Waals surface area contributed by atoms with Crippen molar-refractivity contribution in [3.05, 3.63) is 18.2 Å². The molecule has 0 saturated heterocycles. The van der Waals surface area contributed by atoms with Crippen LogP contribution < -0.4 is 15.8 Å². The summed E-state index contributed by atoms with van der Waals surface area (Å²) in [7, 11) is -2.22. The number of primary sulfonamides is 1. The second-order valence-electron chi connectivity index (χ2n) is 4.93. The fourth-order valence-corrected chi connectivity index (χ4v) is 3.19. The molecule has 0 radical (unpaired) electrons. The zero-order valence-corrected chi connectivity index (χ0v) is 13.7. The van der Waals surface area contributed by atoms with Gasteiger partial charge < -0.3 is 15.4 Å². The number of nitrogen functional groups attached to an aromatic ring is 1. The predicted octanol–water partition coefficient (Wildman–Crippen LogP) is 1.56. The van der Waals surface area contributed by atoms with Crippen LogP contribution in [0.25, 0.3) is 0 Å². The van der Waals surface area contributed by atoms with Gasteiger partial charge in [0.2, 0.25) is 10.0 Å². The number of nitrogens with two attached hydrogens (primary N) is 2. The highest BCUT2D eigenvalue weighted by molar-refractivity contribution is 7.89. The molecule has 0 spiro atoms. The van der Waals surface area contributed by atoms with E-state index in [-0.39, 0.29) is 10.9 Å². The molecule has 0 saturated carbocycles. The van der Waals surface area contributed by atoms with Gasteiger partial charge in [-0.1, -0.05) is 13.8 Å². The van der Waals surface area contributed by atoms with Crippen molar-refractivity contribution >= 4 is 21.4 Å². The third-order valence-corrected chi connectivity index (χ3v) is 4.46. The number of anilines is 2. The first-order valence-corrected chi connectivity index (χ1v) is 8.57. The zero-order valence-electron chi connectivity index (χ0n) is 12.9. The Labute approximate surface area is 127 Å². The van der Waals surface area contributed by atoms with Crippen LogP contribution in [0.15, 0.2) is 23.1 Å². The number of ether oxygens (including phenoxy) is 1. The van der Waals surface area contributed by atoms with Crippen LogP contribution in [0.3, 0.4) is 0 Å². The van der Waals surface area contributed by atoms with E-state index < -0.39 is 10.0 Å². The van der Waals surface area contributed by atoms with Gasteiger partial charge >= 0.3 is 0 Å². The fraction of sp³-hybridized carbons (Fsp3) is 0.571. The first kappa shape index (κ1) is 17.7. The van der Waals surface area contributed by atoms with Crippen molar-refractivity contribution in [2.24, 2.45) is 5.14 Å². The van der Waals surface area contributed by atoms with Gasteiger partial charge in [0.15, 0.2) is 0 Å². The van der Waals surface area contributed by atoms with Crippen molar-refractivity contribution in [2.75, 3.05) is 30.9 Å². The van der Waals surface area contributed by atoms with E-state index in [4.69, 9.17) is 15.6 Å². The van der Waals surface area contributed by atoms with Gasteiger partial charge in [0.05, 0.1) is 12.3 Å². The van der Waals surface area contributed by atoms with E-state index in [9.17, 15) is 8.42 Å². The monoisotopic (exact) mass is 315 g/mol. The summed E-state index contributed by atoms with van der Waals surface area (Å²) in [6.45, 7) is 5.24. The fourth-order valence-electron chi connectivity index (χ4n) is 2.41. The first-order chi connectivity index (χ1) is 9.85. The van der Waals surface area contributed by atoms with E-state index in [0.717, 1.165) is 12.8 Å². The number of methoxy groups -OCH3 is 1. The molecule has 7 heteroatoms. The van der Waals surface area contributed by atoms with Crippen molar-refractivity contribution in [3.63, 3.8) is 0 Å². The van der Waals surface area contributed by atoms with Gasteiger partial charge in [0.25, 0.3) is 0 Å². The summed E-state index contributed by atoms with van der Waals surface area (Å²) in [5.74, 6) is 0. The summed E-state index contributed by atoms with van der Waals surface area (Å²) in [4.78, 5) is 2.09. The van der Waals surface area contributed by atoms with E-state index in [2.05, 4.69) is 13.8 Å². The molecule has 0 aromatic heterocycles. The lowest BCUT2D eigenvalue weighted by Crippen LogP contribution is -2.38. The minimum Gasteiger partial charge on any atom is -0.399 e. The Morgan fingerprint density at radius 3 is 2.38 bits per heavy atom. The van der Waals surface area contributed by atoms with E-state index in [1.54, 1.807) is 19.2 Å². The minimum atomic E-state index is -3.84. The number of nitrogens with zero attached hydrogens (tertiary/aromatic N) is 1. The maximum atomic E-state index is 11.8. The van der Waals surface area contributed by atoms with Gasteiger partial charge in [0.1, 0.15) is 4.90 Å². The Morgan fingerprint density at radius 2 is 1.90 bits per heavy atom. The highest BCUT2D eigenvalue weighted by Crippen LogP contribution is 2.29. The summed E-state index contributed by atoms with van der Waals surface area (Å²) in [6.07, 6.45) is 1.79. The topological polar surface area (TPSA) is 98.7 Å². The molecule has 0 atom stereocenters. The highest BCUT2D eigenvalue weighted by atomic mass is 32.2. The SMILES string of the molecule is CCC(CC)N(CCOC)c1ccc(N)cc1S(N)(=O)=O. The van der Waals surface area contributed by atoms with Crippen LogP contribution in [0.4, 0.5) is 11.4 Å². The van der Waals surface area contributed by atoms with Gasteiger partial charge in [-0.2, -0.15) is 0 Å². The lowest BCUT2D eigenvalue weighted by Gasteiger charge is -2.33. The molecule has 0 amide bonds.